The van der Waals surface area contributed by atoms with Crippen LogP contribution in [0, 0.1) is 0 Å². The van der Waals surface area contributed by atoms with E-state index in [9.17, 15) is 13.2 Å². The molecule has 0 saturated heterocycles. The number of rotatable bonds is 8. The molecule has 0 atom stereocenters. The zero-order valence-corrected chi connectivity index (χ0v) is 18.6. The van der Waals surface area contributed by atoms with Crippen molar-refractivity contribution in [2.24, 2.45) is 0 Å². The number of nitrogens with one attached hydrogen (secondary N) is 1. The maximum atomic E-state index is 13.0. The third-order valence-corrected chi connectivity index (χ3v) is 7.07. The normalized spacial score (nSPS) is 11.4. The number of carbonyl (C=O) groups is 1. The van der Waals surface area contributed by atoms with E-state index in [-0.39, 0.29) is 16.2 Å². The van der Waals surface area contributed by atoms with Crippen molar-refractivity contribution in [3.63, 3.8) is 0 Å². The van der Waals surface area contributed by atoms with E-state index in [1.54, 1.807) is 19.9 Å². The molecule has 31 heavy (non-hydrogen) atoms. The van der Waals surface area contributed by atoms with Crippen LogP contribution >= 0.6 is 0 Å². The fourth-order valence-corrected chi connectivity index (χ4v) is 4.94. The third-order valence-electron chi connectivity index (χ3n) is 5.00. The molecule has 1 amide bonds. The fraction of sp³-hybridized carbons (Fsp3) is 0.208. The lowest BCUT2D eigenvalue weighted by Gasteiger charge is -2.20. The number of methoxy groups -OCH3 is 1. The lowest BCUT2D eigenvalue weighted by atomic mass is 10.1. The average molecular weight is 439 g/mol. The Bertz CT molecular complexity index is 1140. The van der Waals surface area contributed by atoms with E-state index in [2.05, 4.69) is 5.32 Å². The summed E-state index contributed by atoms with van der Waals surface area (Å²) in [6.45, 7) is 4.19. The Kier molecular flexibility index (Phi) is 7.09. The smallest absolute Gasteiger partial charge is 0.255 e. The molecule has 1 N–H and O–H groups in total. The second-order valence-corrected chi connectivity index (χ2v) is 8.76. The van der Waals surface area contributed by atoms with Gasteiger partial charge in [-0.2, -0.15) is 4.31 Å². The highest BCUT2D eigenvalue weighted by molar-refractivity contribution is 7.89. The zero-order chi connectivity index (χ0) is 22.4. The molecule has 7 heteroatoms. The van der Waals surface area contributed by atoms with Crippen LogP contribution in [0.15, 0.2) is 77.7 Å². The van der Waals surface area contributed by atoms with Crippen LogP contribution in [0.1, 0.15) is 24.2 Å². The molecule has 0 radical (unpaired) electrons. The number of amides is 1. The van der Waals surface area contributed by atoms with E-state index in [1.807, 2.05) is 54.6 Å². The van der Waals surface area contributed by atoms with Crippen molar-refractivity contribution >= 4 is 21.6 Å². The van der Waals surface area contributed by atoms with E-state index in [0.29, 0.717) is 18.8 Å². The molecule has 0 spiro atoms. The Balaban J connectivity index is 1.85. The number of carbonyl (C=O) groups excluding carboxylic acids is 1. The molecular formula is C24H26N2O4S. The summed E-state index contributed by atoms with van der Waals surface area (Å²) in [5.74, 6) is -0.193. The average Bonchev–Trinajstić information content (AvgIpc) is 2.80. The zero-order valence-electron chi connectivity index (χ0n) is 17.8. The summed E-state index contributed by atoms with van der Waals surface area (Å²) in [5, 5.41) is 2.82. The van der Waals surface area contributed by atoms with Crippen LogP contribution in [-0.2, 0) is 10.0 Å². The Labute approximate surface area is 183 Å². The van der Waals surface area contributed by atoms with Crippen LogP contribution in [0.5, 0.6) is 5.75 Å². The van der Waals surface area contributed by atoms with Gasteiger partial charge in [-0.25, -0.2) is 8.42 Å². The van der Waals surface area contributed by atoms with E-state index in [0.717, 1.165) is 11.1 Å². The van der Waals surface area contributed by atoms with Crippen LogP contribution in [0.25, 0.3) is 11.1 Å². The van der Waals surface area contributed by atoms with E-state index in [1.165, 1.54) is 23.5 Å². The van der Waals surface area contributed by atoms with E-state index in [4.69, 9.17) is 4.74 Å². The highest BCUT2D eigenvalue weighted by atomic mass is 32.2. The topological polar surface area (TPSA) is 75.7 Å². The number of sulfonamides is 1. The minimum absolute atomic E-state index is 0.0224. The van der Waals surface area contributed by atoms with E-state index < -0.39 is 15.9 Å². The Morgan fingerprint density at radius 3 is 2.10 bits per heavy atom. The van der Waals surface area contributed by atoms with Crippen LogP contribution in [0.3, 0.4) is 0 Å². The lowest BCUT2D eigenvalue weighted by Crippen LogP contribution is -2.31. The molecule has 0 bridgehead atoms. The second-order valence-electron chi connectivity index (χ2n) is 6.85. The molecule has 0 fully saturated rings. The first-order valence-corrected chi connectivity index (χ1v) is 11.5. The molecule has 6 nitrogen and oxygen atoms in total. The number of benzene rings is 3. The predicted molar refractivity (Wildman–Crippen MR) is 123 cm³/mol. The Morgan fingerprint density at radius 1 is 0.903 bits per heavy atom. The Hall–Kier alpha value is -3.16. The van der Waals surface area contributed by atoms with Crippen LogP contribution in [0.4, 0.5) is 5.69 Å². The van der Waals surface area contributed by atoms with Gasteiger partial charge >= 0.3 is 0 Å². The fourth-order valence-electron chi connectivity index (χ4n) is 3.30. The summed E-state index contributed by atoms with van der Waals surface area (Å²) in [5.41, 5.74) is 2.98. The summed E-state index contributed by atoms with van der Waals surface area (Å²) in [7, 11) is -2.37. The van der Waals surface area contributed by atoms with Crippen molar-refractivity contribution in [1.82, 2.24) is 4.31 Å². The molecule has 3 aromatic rings. The molecule has 0 aromatic heterocycles. The first kappa shape index (κ1) is 22.5. The summed E-state index contributed by atoms with van der Waals surface area (Å²) < 4.78 is 32.6. The molecule has 3 aromatic carbocycles. The van der Waals surface area contributed by atoms with Crippen molar-refractivity contribution in [1.29, 1.82) is 0 Å². The molecule has 0 aliphatic heterocycles. The van der Waals surface area contributed by atoms with Gasteiger partial charge in [0.25, 0.3) is 5.91 Å². The maximum absolute atomic E-state index is 13.0. The summed E-state index contributed by atoms with van der Waals surface area (Å²) in [4.78, 5) is 12.8. The summed E-state index contributed by atoms with van der Waals surface area (Å²) in [6.07, 6.45) is 0. The van der Waals surface area contributed by atoms with Gasteiger partial charge in [0.05, 0.1) is 7.11 Å². The van der Waals surface area contributed by atoms with Gasteiger partial charge in [0, 0.05) is 24.3 Å². The molecule has 0 unspecified atom stereocenters. The first-order chi connectivity index (χ1) is 14.9. The maximum Gasteiger partial charge on any atom is 0.255 e. The van der Waals surface area contributed by atoms with Crippen molar-refractivity contribution in [2.75, 3.05) is 25.5 Å². The van der Waals surface area contributed by atoms with Gasteiger partial charge in [0.2, 0.25) is 10.0 Å². The number of ether oxygens (including phenoxy) is 1. The molecule has 0 saturated carbocycles. The van der Waals surface area contributed by atoms with Crippen LogP contribution in [-0.4, -0.2) is 38.8 Å². The monoisotopic (exact) mass is 438 g/mol. The molecular weight excluding hydrogens is 412 g/mol. The standard InChI is InChI=1S/C24H26N2O4S/c1-4-26(5-2)31(28,29)23-17-20(13-16-22(23)30-3)24(27)25-21-14-11-19(12-15-21)18-9-7-6-8-10-18/h6-17H,4-5H2,1-3H3,(H,25,27). The molecule has 3 rings (SSSR count). The lowest BCUT2D eigenvalue weighted by molar-refractivity contribution is 0.102. The number of nitrogens with zero attached hydrogens (tertiary/aromatic N) is 1. The van der Waals surface area contributed by atoms with Gasteiger partial charge in [-0.3, -0.25) is 4.79 Å². The molecule has 0 aliphatic rings. The Morgan fingerprint density at radius 2 is 1.52 bits per heavy atom. The largest absolute Gasteiger partial charge is 0.495 e. The van der Waals surface area contributed by atoms with Crippen molar-refractivity contribution in [3.05, 3.63) is 78.4 Å². The summed E-state index contributed by atoms with van der Waals surface area (Å²) >= 11 is 0. The van der Waals surface area contributed by atoms with Crippen molar-refractivity contribution in [3.8, 4) is 16.9 Å². The number of hydrogen-bond donors (Lipinski definition) is 1. The van der Waals surface area contributed by atoms with Gasteiger partial charge in [0.1, 0.15) is 10.6 Å². The third kappa shape index (κ3) is 4.95. The SMILES string of the molecule is CCN(CC)S(=O)(=O)c1cc(C(=O)Nc2ccc(-c3ccccc3)cc2)ccc1OC. The van der Waals surface area contributed by atoms with Gasteiger partial charge in [-0.15, -0.1) is 0 Å². The minimum atomic E-state index is -3.78. The number of hydrogen-bond acceptors (Lipinski definition) is 4. The minimum Gasteiger partial charge on any atom is -0.495 e. The van der Waals surface area contributed by atoms with Crippen molar-refractivity contribution in [2.45, 2.75) is 18.7 Å². The van der Waals surface area contributed by atoms with Gasteiger partial charge in [-0.1, -0.05) is 56.3 Å². The first-order valence-electron chi connectivity index (χ1n) is 10.1. The predicted octanol–water partition coefficient (Wildman–Crippen LogP) is 4.65. The summed E-state index contributed by atoms with van der Waals surface area (Å²) in [6, 6.07) is 21.8. The molecule has 0 aliphatic carbocycles. The number of anilines is 1. The van der Waals surface area contributed by atoms with Gasteiger partial charge in [-0.05, 0) is 41.5 Å². The van der Waals surface area contributed by atoms with Gasteiger partial charge < -0.3 is 10.1 Å². The highest BCUT2D eigenvalue weighted by Gasteiger charge is 2.26. The molecule has 162 valence electrons. The van der Waals surface area contributed by atoms with Gasteiger partial charge in [0.15, 0.2) is 0 Å². The van der Waals surface area contributed by atoms with E-state index >= 15 is 0 Å². The second kappa shape index (κ2) is 9.76. The van der Waals surface area contributed by atoms with Crippen LogP contribution < -0.4 is 10.1 Å². The van der Waals surface area contributed by atoms with Crippen LogP contribution in [0.2, 0.25) is 0 Å². The molecule has 0 heterocycles. The van der Waals surface area contributed by atoms with Crippen molar-refractivity contribution < 1.29 is 17.9 Å². The highest BCUT2D eigenvalue weighted by Crippen LogP contribution is 2.28. The quantitative estimate of drug-likeness (QED) is 0.556.